The number of carbonyl (C=O) groups is 5. The van der Waals surface area contributed by atoms with Crippen molar-refractivity contribution in [2.45, 2.75) is 83.1 Å². The van der Waals surface area contributed by atoms with Gasteiger partial charge in [0.1, 0.15) is 29.2 Å². The molecule has 60 nitrogen and oxygen atoms in total. The molecule has 0 aliphatic carbocycles. The van der Waals surface area contributed by atoms with E-state index in [0.29, 0.717) is 64.4 Å². The monoisotopic (exact) mass is 2580 g/mol. The van der Waals surface area contributed by atoms with Crippen LogP contribution >= 0.6 is 89.6 Å². The molecule has 0 aliphatic rings. The zero-order chi connectivity index (χ0) is 111. The summed E-state index contributed by atoms with van der Waals surface area (Å²) in [6, 6.07) is 17.0. The normalized spacial score (nSPS) is 9.67. The fourth-order valence-corrected chi connectivity index (χ4v) is 10.8. The van der Waals surface area contributed by atoms with Crippen LogP contribution in [-0.4, -0.2) is 204 Å². The predicted octanol–water partition coefficient (Wildman–Crippen LogP) is 10.1. The summed E-state index contributed by atoms with van der Waals surface area (Å²) in [7, 11) is -4.67. The Kier molecular flexibility index (Phi) is 66.9. The first-order valence-electron chi connectivity index (χ1n) is 39.2. The summed E-state index contributed by atoms with van der Waals surface area (Å²) in [6.07, 6.45) is 19.0. The van der Waals surface area contributed by atoms with Crippen molar-refractivity contribution < 1.29 is 129 Å². The average Bonchev–Trinajstić information content (AvgIpc) is 0.808. The van der Waals surface area contributed by atoms with E-state index in [1.54, 1.807) is 58.2 Å². The molecular weight excluding hydrogens is 2500 g/mol. The predicted molar refractivity (Wildman–Crippen MR) is 555 cm³/mol. The molecule has 14 heterocycles. The number of halogens is 5. The minimum Gasteiger partial charge on any atom is -0.512 e. The summed E-state index contributed by atoms with van der Waals surface area (Å²) < 4.78 is 54.9. The van der Waals surface area contributed by atoms with E-state index in [-0.39, 0.29) is 177 Å². The van der Waals surface area contributed by atoms with Crippen LogP contribution in [-0.2, 0) is 63.3 Å². The SMILES string of the molecule is C.CCOC(OCC)OCC.Cc1cc[nH]c(=O)c1[N+](=O)[O-].Cc1ccnc(Br)c1[N+](=O)[O-].Cc1ccnc(C#N)c1[N+](=O)[O-].Cc1ccnc(C(N)=O)c1N.Cc1ccnc(C(N)=O)c1[N+](=O)[O-].Cc1ccnc(N)c1[N+](=O)[O-].Cc1ccnc2c(=O)[nH]cnc12.I.NC(=O)c1ccnc2c(=O)[nH]cnc12.O=C(CO)c1ccnc2c(=O)[nH]cnc12.O=C(O)c1ccnc2c(=O)[nH]cnc12.O=P(Br)(Br)Br.O=S(=O)(O)O.[C-]#N.[Cu+].[Fe]. The molecule has 14 aromatic rings. The van der Waals surface area contributed by atoms with E-state index < -0.39 is 103 Å². The standard InChI is InChI=1S/C9H7N3O3.C8H6N4O2.C8H5N3O3.C8H7N3O.C7H7N3O3.C7H5N3O2.C7H9N3O.C7H16O3.C6H5BrN2O2.C6H7N3O2.C6H6N2O3.CN.CH4.Br3OP.Cu.Fe.HI.H2O4S/c13-3-6(14)5-1-2-10-8-7(5)11-4-12-9(8)15;9-7(13)4-1-2-10-6-5(4)11-3-12-8(6)14;12-7-6-5(10-3-11-7)4(8(13)14)1-2-9-6;1-5-2-3-9-7-6(5)10-4-11-8(7)12;1-4-2-3-9-5(7(8)11)6(4)10(12)13;1-5-2-3-9-6(4-8)7(5)10(11)12;1-4-2-3-10-6(5(4)8)7(9)11;1-4-8-7(9-5-2)10-6-3;2*1-4-2-3-8-6(7)5(4)9(10)11;1-4-2-3-7-6(9)5(4)8(10)11;1-2;;1-5(2,3)4;;;;1-5(2,3)4/h1-2,4,13H,3H2,(H,11,12,15);1-3H,(H2,9,13)(H,11,12,14);1-3H,(H,13,14)(H,10,11,12);2-4H,1H3,(H,10,11,12);2-3H,1H3,(H2,8,11);2-3H,1H3;2-3H,8H2,1H3,(H2,9,11);7H,4-6H2,1-3H3;2-3H,1H3;2-3H,1H3,(H2,7,8);2-3H,1H3,(H,7,9);;1H4;;;;1H;(H2,1,2,3,4)/q;;;;;;;;;;;-1;;;+1;;;. The Hall–Kier alpha value is -15.4. The molecule has 0 spiro atoms. The van der Waals surface area contributed by atoms with Gasteiger partial charge >= 0.3 is 67.4 Å². The molecule has 0 bridgehead atoms. The van der Waals surface area contributed by atoms with E-state index >= 15 is 0 Å². The summed E-state index contributed by atoms with van der Waals surface area (Å²) >= 11 is 11.3. The Morgan fingerprint density at radius 2 is 0.760 bits per heavy atom. The molecule has 3 amide bonds. The number of aromatic carboxylic acids is 1. The second kappa shape index (κ2) is 71.2. The van der Waals surface area contributed by atoms with Crippen LogP contribution in [0.3, 0.4) is 0 Å². The third-order valence-electron chi connectivity index (χ3n) is 16.5. The zero-order valence-corrected chi connectivity index (χ0v) is 90.4. The molecule has 0 aliphatic heterocycles. The van der Waals surface area contributed by atoms with Crippen molar-refractivity contribution in [1.82, 2.24) is 89.7 Å². The molecule has 150 heavy (non-hydrogen) atoms. The summed E-state index contributed by atoms with van der Waals surface area (Å²) in [5.41, 5.74) is 29.1. The number of aliphatic hydroxyl groups is 1. The number of ether oxygens (including phenoxy) is 3. The van der Waals surface area contributed by atoms with Gasteiger partial charge in [-0.05, 0) is 157 Å². The first-order valence-corrected chi connectivity index (χ1v) is 49.2. The van der Waals surface area contributed by atoms with Crippen molar-refractivity contribution >= 4 is 214 Å². The number of carboxylic acid groups (broad SMARTS) is 1. The number of nitrogens with two attached hydrogens (primary N) is 5. The van der Waals surface area contributed by atoms with Crippen LogP contribution in [0.15, 0.2) is 177 Å². The number of Topliss-reactive ketones (excluding diaryl/α,β-unsaturated/α-hetero) is 1. The van der Waals surface area contributed by atoms with Crippen molar-refractivity contribution in [2.75, 3.05) is 37.9 Å². The second-order valence-corrected chi connectivity index (χ2v) is 46.3. The van der Waals surface area contributed by atoms with Crippen molar-refractivity contribution in [2.24, 2.45) is 17.2 Å². The number of rotatable bonds is 17. The molecule has 19 N–H and O–H groups in total. The maximum absolute atomic E-state index is 11.3. The van der Waals surface area contributed by atoms with Gasteiger partial charge in [-0.2, -0.15) is 13.7 Å². The molecule has 0 saturated carbocycles. The third kappa shape index (κ3) is 48.5. The number of carbonyl (C=O) groups excluding carboxylic acids is 4. The number of nitrogens with one attached hydrogen (secondary N) is 5. The number of pyridine rings is 10. The van der Waals surface area contributed by atoms with Crippen LogP contribution < -0.4 is 56.5 Å². The molecule has 14 aromatic heterocycles. The van der Waals surface area contributed by atoms with Gasteiger partial charge < -0.3 is 89.8 Å². The number of ketones is 1. The van der Waals surface area contributed by atoms with Gasteiger partial charge in [0.05, 0.1) is 72.3 Å². The maximum Gasteiger partial charge on any atom is 1.00 e. The number of anilines is 2. The van der Waals surface area contributed by atoms with E-state index in [4.69, 9.17) is 87.7 Å². The molecule has 69 heteroatoms. The Morgan fingerprint density at radius 3 is 1.07 bits per heavy atom. The Labute approximate surface area is 914 Å². The number of nitrogens with zero attached hydrogens (tertiary/aromatic N) is 20. The van der Waals surface area contributed by atoms with Crippen LogP contribution in [0.4, 0.5) is 39.9 Å². The number of nitro groups is 5. The topological polar surface area (TPSA) is 970 Å². The van der Waals surface area contributed by atoms with Crippen molar-refractivity contribution in [3.8, 4) is 6.07 Å². The molecule has 0 aromatic carbocycles. The van der Waals surface area contributed by atoms with Crippen molar-refractivity contribution in [3.05, 3.63) is 334 Å². The van der Waals surface area contributed by atoms with Gasteiger partial charge in [-0.25, -0.2) is 69.6 Å². The Morgan fingerprint density at radius 1 is 0.453 bits per heavy atom. The van der Waals surface area contributed by atoms with Gasteiger partial charge in [-0.15, -0.1) is 24.0 Å². The number of carboxylic acids is 1. The molecular formula is C81H87Br4CuFeIN30O30PS. The fourth-order valence-electron chi connectivity index (χ4n) is 10.2. The van der Waals surface area contributed by atoms with Gasteiger partial charge in [-0.1, -0.05) is 7.43 Å². The number of nitriles is 1. The number of aryl methyl sites for hydroxylation is 7. The minimum absolute atomic E-state index is 0. The van der Waals surface area contributed by atoms with Crippen molar-refractivity contribution in [3.63, 3.8) is 0 Å². The zero-order valence-electron chi connectivity index (χ0n) is 77.9. The Balaban J connectivity index is -0.000000772. The quantitative estimate of drug-likeness (QED) is 0.00385. The van der Waals surface area contributed by atoms with Crippen LogP contribution in [0.1, 0.15) is 125 Å². The molecule has 0 unspecified atom stereocenters. The summed E-state index contributed by atoms with van der Waals surface area (Å²) in [4.78, 5) is 220. The molecule has 14 rings (SSSR count). The minimum atomic E-state index is -4.67. The molecule has 0 radical (unpaired) electrons. The van der Waals surface area contributed by atoms with E-state index in [2.05, 4.69) is 152 Å². The fraction of sp³-hybridized carbons (Fsp3) is 0.198. The first-order chi connectivity index (χ1) is 68.5. The van der Waals surface area contributed by atoms with Crippen molar-refractivity contribution in [1.29, 1.82) is 10.5 Å². The third-order valence-corrected chi connectivity index (χ3v) is 17.1. The number of fused-ring (bicyclic) bond motifs is 4. The number of primary amides is 3. The van der Waals surface area contributed by atoms with E-state index in [9.17, 15) is 103 Å². The molecule has 0 atom stereocenters. The first kappa shape index (κ1) is 141. The van der Waals surface area contributed by atoms with Gasteiger partial charge in [0.15, 0.2) is 38.1 Å². The number of aromatic amines is 5. The molecule has 0 fully saturated rings. The number of H-pyrrole nitrogens is 5. The number of amides is 3. The number of nitrogen functional groups attached to an aromatic ring is 2. The van der Waals surface area contributed by atoms with Gasteiger partial charge in [0.2, 0.25) is 17.2 Å². The van der Waals surface area contributed by atoms with E-state index in [0.717, 1.165) is 17.5 Å². The second-order valence-electron chi connectivity index (χ2n) is 26.3. The summed E-state index contributed by atoms with van der Waals surface area (Å²) in [5, 5.41) is 84.1. The maximum atomic E-state index is 11.3. The summed E-state index contributed by atoms with van der Waals surface area (Å²) in [5.74, 6) is -3.76. The van der Waals surface area contributed by atoms with Crippen LogP contribution in [0.2, 0.25) is 0 Å². The van der Waals surface area contributed by atoms with Gasteiger partial charge in [-0.3, -0.25) is 107 Å². The molecule has 806 valence electrons. The van der Waals surface area contributed by atoms with Gasteiger partial charge in [0, 0.05) is 179 Å². The van der Waals surface area contributed by atoms with Crippen LogP contribution in [0, 0.1) is 122 Å². The Bertz CT molecular complexity index is 7360. The van der Waals surface area contributed by atoms with E-state index in [1.165, 1.54) is 125 Å². The number of aromatic nitrogens is 18. The van der Waals surface area contributed by atoms with Crippen LogP contribution in [0.5, 0.6) is 0 Å². The average molecular weight is 2590 g/mol. The smallest absolute Gasteiger partial charge is 0.512 e. The molecule has 0 saturated heterocycles. The largest absolute Gasteiger partial charge is 1.00 e. The number of hydrogen-bond acceptors (Lipinski definition) is 44. The van der Waals surface area contributed by atoms with Gasteiger partial charge in [0.25, 0.3) is 49.7 Å². The van der Waals surface area contributed by atoms with Crippen LogP contribution in [0.25, 0.3) is 44.1 Å². The number of hydrogen-bond donors (Lipinski definition) is 14. The number of aliphatic hydroxyl groups excluding tert-OH is 1. The van der Waals surface area contributed by atoms with E-state index in [1.807, 2.05) is 33.8 Å². The summed E-state index contributed by atoms with van der Waals surface area (Å²) in [6.45, 7) is 22.8.